The summed E-state index contributed by atoms with van der Waals surface area (Å²) >= 11 is 0. The lowest BCUT2D eigenvalue weighted by Crippen LogP contribution is -2.13. The third-order valence-electron chi connectivity index (χ3n) is 3.86. The molecule has 8 heteroatoms. The van der Waals surface area contributed by atoms with Gasteiger partial charge in [-0.3, -0.25) is 4.79 Å². The van der Waals surface area contributed by atoms with E-state index in [1.165, 1.54) is 22.9 Å². The number of carbonyl (C=O) groups is 1. The standard InChI is InChI=1S/C19H14F3N3O2/c1-3-10-25-16-14(27-19(21)22)9-4-11(2)15(16)17(24-25)23-18(26)12-5-7-13(20)8-6-12/h1,4-9,19H,10H2,2H3,(H,23,24,26). The topological polar surface area (TPSA) is 56.2 Å². The number of amides is 1. The Morgan fingerprint density at radius 1 is 1.30 bits per heavy atom. The fraction of sp³-hybridized carbons (Fsp3) is 0.158. The van der Waals surface area contributed by atoms with Gasteiger partial charge >= 0.3 is 6.61 Å². The average molecular weight is 373 g/mol. The third-order valence-corrected chi connectivity index (χ3v) is 3.86. The Labute approximate surface area is 152 Å². The Morgan fingerprint density at radius 3 is 2.63 bits per heavy atom. The van der Waals surface area contributed by atoms with Crippen molar-refractivity contribution in [2.75, 3.05) is 5.32 Å². The molecular weight excluding hydrogens is 359 g/mol. The normalized spacial score (nSPS) is 10.8. The van der Waals surface area contributed by atoms with Crippen LogP contribution in [0.25, 0.3) is 10.9 Å². The Bertz CT molecular complexity index is 1040. The molecule has 0 unspecified atom stereocenters. The van der Waals surface area contributed by atoms with Gasteiger partial charge in [-0.2, -0.15) is 13.9 Å². The van der Waals surface area contributed by atoms with E-state index >= 15 is 0 Å². The molecule has 2 aromatic carbocycles. The van der Waals surface area contributed by atoms with Gasteiger partial charge in [0.2, 0.25) is 0 Å². The summed E-state index contributed by atoms with van der Waals surface area (Å²) in [6.07, 6.45) is 5.33. The van der Waals surface area contributed by atoms with Gasteiger partial charge in [0.15, 0.2) is 11.6 Å². The first-order chi connectivity index (χ1) is 12.9. The van der Waals surface area contributed by atoms with E-state index in [1.54, 1.807) is 13.0 Å². The van der Waals surface area contributed by atoms with Crippen LogP contribution in [-0.4, -0.2) is 22.3 Å². The van der Waals surface area contributed by atoms with E-state index in [0.717, 1.165) is 12.1 Å². The first-order valence-electron chi connectivity index (χ1n) is 7.86. The molecule has 0 aliphatic heterocycles. The number of nitrogens with zero attached hydrogens (tertiary/aromatic N) is 2. The van der Waals surface area contributed by atoms with E-state index in [9.17, 15) is 18.0 Å². The molecule has 3 aromatic rings. The molecule has 0 saturated carbocycles. The Morgan fingerprint density at radius 2 is 2.00 bits per heavy atom. The maximum atomic E-state index is 13.0. The molecule has 1 amide bonds. The lowest BCUT2D eigenvalue weighted by molar-refractivity contribution is -0.0490. The fourth-order valence-electron chi connectivity index (χ4n) is 2.71. The first kappa shape index (κ1) is 18.3. The highest BCUT2D eigenvalue weighted by Gasteiger charge is 2.20. The average Bonchev–Trinajstić information content (AvgIpc) is 2.97. The highest BCUT2D eigenvalue weighted by atomic mass is 19.3. The van der Waals surface area contributed by atoms with Crippen molar-refractivity contribution in [2.45, 2.75) is 20.1 Å². The zero-order chi connectivity index (χ0) is 19.6. The van der Waals surface area contributed by atoms with Gasteiger partial charge in [-0.15, -0.1) is 6.42 Å². The molecular formula is C19H14F3N3O2. The number of rotatable bonds is 5. The number of carbonyl (C=O) groups excluding carboxylic acids is 1. The van der Waals surface area contributed by atoms with Crippen molar-refractivity contribution in [3.8, 4) is 18.1 Å². The lowest BCUT2D eigenvalue weighted by atomic mass is 10.1. The number of halogens is 3. The van der Waals surface area contributed by atoms with Crippen LogP contribution in [0, 0.1) is 25.1 Å². The Hall–Kier alpha value is -3.47. The van der Waals surface area contributed by atoms with E-state index in [0.29, 0.717) is 10.9 Å². The molecule has 0 aliphatic rings. The van der Waals surface area contributed by atoms with E-state index in [1.807, 2.05) is 0 Å². The summed E-state index contributed by atoms with van der Waals surface area (Å²) in [5.74, 6) is 1.43. The zero-order valence-corrected chi connectivity index (χ0v) is 14.2. The van der Waals surface area contributed by atoms with Crippen molar-refractivity contribution < 1.29 is 22.7 Å². The van der Waals surface area contributed by atoms with Crippen LogP contribution >= 0.6 is 0 Å². The van der Waals surface area contributed by atoms with Crippen LogP contribution in [0.1, 0.15) is 15.9 Å². The van der Waals surface area contributed by atoms with Crippen molar-refractivity contribution in [1.82, 2.24) is 9.78 Å². The molecule has 0 radical (unpaired) electrons. The van der Waals surface area contributed by atoms with Crippen molar-refractivity contribution in [3.05, 3.63) is 53.3 Å². The molecule has 3 rings (SSSR count). The van der Waals surface area contributed by atoms with Crippen LogP contribution in [0.4, 0.5) is 19.0 Å². The summed E-state index contributed by atoms with van der Waals surface area (Å²) in [6.45, 7) is -1.29. The van der Waals surface area contributed by atoms with Crippen LogP contribution in [0.3, 0.4) is 0 Å². The minimum atomic E-state index is -3.03. The summed E-state index contributed by atoms with van der Waals surface area (Å²) in [4.78, 5) is 12.4. The summed E-state index contributed by atoms with van der Waals surface area (Å²) in [5, 5.41) is 7.28. The lowest BCUT2D eigenvalue weighted by Gasteiger charge is -2.09. The fourth-order valence-corrected chi connectivity index (χ4v) is 2.71. The van der Waals surface area contributed by atoms with E-state index < -0.39 is 18.3 Å². The predicted molar refractivity (Wildman–Crippen MR) is 94.3 cm³/mol. The maximum absolute atomic E-state index is 13.0. The van der Waals surface area contributed by atoms with Gasteiger partial charge < -0.3 is 10.1 Å². The predicted octanol–water partition coefficient (Wildman–Crippen LogP) is 3.97. The maximum Gasteiger partial charge on any atom is 0.387 e. The number of nitrogens with one attached hydrogen (secondary N) is 1. The molecule has 0 atom stereocenters. The summed E-state index contributed by atoms with van der Waals surface area (Å²) in [7, 11) is 0. The molecule has 5 nitrogen and oxygen atoms in total. The van der Waals surface area contributed by atoms with Gasteiger partial charge in [-0.05, 0) is 42.8 Å². The van der Waals surface area contributed by atoms with Gasteiger partial charge in [0.25, 0.3) is 5.91 Å². The van der Waals surface area contributed by atoms with Gasteiger partial charge in [0, 0.05) is 5.56 Å². The monoisotopic (exact) mass is 373 g/mol. The zero-order valence-electron chi connectivity index (χ0n) is 14.2. The molecule has 0 spiro atoms. The highest BCUT2D eigenvalue weighted by molar-refractivity contribution is 6.09. The molecule has 0 bridgehead atoms. The van der Waals surface area contributed by atoms with E-state index in [-0.39, 0.29) is 29.2 Å². The van der Waals surface area contributed by atoms with Crippen molar-refractivity contribution in [3.63, 3.8) is 0 Å². The molecule has 27 heavy (non-hydrogen) atoms. The second-order valence-electron chi connectivity index (χ2n) is 5.65. The van der Waals surface area contributed by atoms with Crippen LogP contribution in [0.2, 0.25) is 0 Å². The van der Waals surface area contributed by atoms with E-state index in [4.69, 9.17) is 6.42 Å². The number of benzene rings is 2. The van der Waals surface area contributed by atoms with Crippen LogP contribution < -0.4 is 10.1 Å². The van der Waals surface area contributed by atoms with Crippen LogP contribution in [0.15, 0.2) is 36.4 Å². The minimum Gasteiger partial charge on any atom is -0.433 e. The second-order valence-corrected chi connectivity index (χ2v) is 5.65. The number of hydrogen-bond donors (Lipinski definition) is 1. The number of alkyl halides is 2. The number of anilines is 1. The third kappa shape index (κ3) is 3.72. The highest BCUT2D eigenvalue weighted by Crippen LogP contribution is 2.34. The van der Waals surface area contributed by atoms with Crippen molar-refractivity contribution in [2.24, 2.45) is 0 Å². The van der Waals surface area contributed by atoms with Gasteiger partial charge in [0.05, 0.1) is 5.39 Å². The minimum absolute atomic E-state index is 0.00797. The molecule has 138 valence electrons. The Kier molecular flexibility index (Phi) is 5.03. The molecule has 1 aromatic heterocycles. The molecule has 0 fully saturated rings. The quantitative estimate of drug-likeness (QED) is 0.689. The smallest absolute Gasteiger partial charge is 0.387 e. The number of aryl methyl sites for hydroxylation is 1. The SMILES string of the molecule is C#CCn1nc(NC(=O)c2ccc(F)cc2)c2c(C)ccc(OC(F)F)c21. The van der Waals surface area contributed by atoms with Crippen LogP contribution in [-0.2, 0) is 6.54 Å². The number of hydrogen-bond acceptors (Lipinski definition) is 3. The Balaban J connectivity index is 2.08. The van der Waals surface area contributed by atoms with Crippen LogP contribution in [0.5, 0.6) is 5.75 Å². The summed E-state index contributed by atoms with van der Waals surface area (Å²) in [6, 6.07) is 7.93. The number of fused-ring (bicyclic) bond motifs is 1. The number of aromatic nitrogens is 2. The molecule has 0 saturated heterocycles. The summed E-state index contributed by atoms with van der Waals surface area (Å²) < 4.78 is 44.4. The van der Waals surface area contributed by atoms with Crippen molar-refractivity contribution in [1.29, 1.82) is 0 Å². The number of terminal acetylenes is 1. The molecule has 0 aliphatic carbocycles. The first-order valence-corrected chi connectivity index (χ1v) is 7.86. The largest absolute Gasteiger partial charge is 0.433 e. The van der Waals surface area contributed by atoms with Gasteiger partial charge in [0.1, 0.15) is 17.9 Å². The number of ether oxygens (including phenoxy) is 1. The summed E-state index contributed by atoms with van der Waals surface area (Å²) in [5.41, 5.74) is 1.15. The second kappa shape index (κ2) is 7.41. The van der Waals surface area contributed by atoms with Crippen molar-refractivity contribution >= 4 is 22.6 Å². The molecule has 1 heterocycles. The van der Waals surface area contributed by atoms with E-state index in [2.05, 4.69) is 21.1 Å². The molecule has 1 N–H and O–H groups in total. The van der Waals surface area contributed by atoms with Gasteiger partial charge in [-0.25, -0.2) is 9.07 Å². The van der Waals surface area contributed by atoms with Gasteiger partial charge in [-0.1, -0.05) is 12.0 Å².